The van der Waals surface area contributed by atoms with E-state index in [-0.39, 0.29) is 18.3 Å². The van der Waals surface area contributed by atoms with Crippen molar-refractivity contribution in [3.8, 4) is 0 Å². The molecular formula is C11H14BrClFN. The standard InChI is InChI=1S/C11H13BrFN.ClH/c12-9-3-1-8(2-4-9)10-5-6-14-7-11(10)13;/h1-4,10-11,14H,5-7H2;1H/t10-,11+;/m1./s1. The van der Waals surface area contributed by atoms with Crippen molar-refractivity contribution >= 4 is 28.3 Å². The molecule has 0 saturated carbocycles. The summed E-state index contributed by atoms with van der Waals surface area (Å²) in [6, 6.07) is 7.97. The molecule has 0 aliphatic carbocycles. The highest BCUT2D eigenvalue weighted by atomic mass is 79.9. The largest absolute Gasteiger partial charge is 0.314 e. The van der Waals surface area contributed by atoms with Crippen LogP contribution >= 0.6 is 28.3 Å². The van der Waals surface area contributed by atoms with Gasteiger partial charge in [0.1, 0.15) is 6.17 Å². The monoisotopic (exact) mass is 293 g/mol. The van der Waals surface area contributed by atoms with Crippen LogP contribution in [0.1, 0.15) is 17.9 Å². The fourth-order valence-electron chi connectivity index (χ4n) is 1.91. The number of hydrogen-bond acceptors (Lipinski definition) is 1. The van der Waals surface area contributed by atoms with Gasteiger partial charge in [-0.25, -0.2) is 4.39 Å². The van der Waals surface area contributed by atoms with Crippen LogP contribution in [-0.4, -0.2) is 19.3 Å². The van der Waals surface area contributed by atoms with Gasteiger partial charge in [0, 0.05) is 16.9 Å². The first-order valence-corrected chi connectivity index (χ1v) is 5.67. The van der Waals surface area contributed by atoms with Crippen molar-refractivity contribution in [2.45, 2.75) is 18.5 Å². The minimum Gasteiger partial charge on any atom is -0.314 e. The van der Waals surface area contributed by atoms with Gasteiger partial charge in [-0.15, -0.1) is 12.4 Å². The van der Waals surface area contributed by atoms with Crippen molar-refractivity contribution in [2.24, 2.45) is 0 Å². The van der Waals surface area contributed by atoms with Crippen LogP contribution in [0.15, 0.2) is 28.7 Å². The molecule has 0 radical (unpaired) electrons. The molecular weight excluding hydrogens is 280 g/mol. The number of piperidine rings is 1. The minimum absolute atomic E-state index is 0. The van der Waals surface area contributed by atoms with Gasteiger partial charge in [-0.3, -0.25) is 0 Å². The lowest BCUT2D eigenvalue weighted by atomic mass is 9.89. The lowest BCUT2D eigenvalue weighted by molar-refractivity contribution is 0.231. The van der Waals surface area contributed by atoms with Crippen molar-refractivity contribution < 1.29 is 4.39 Å². The maximum atomic E-state index is 13.6. The SMILES string of the molecule is Cl.F[C@H]1CNCC[C@@H]1c1ccc(Br)cc1. The highest BCUT2D eigenvalue weighted by Gasteiger charge is 2.25. The summed E-state index contributed by atoms with van der Waals surface area (Å²) in [4.78, 5) is 0. The smallest absolute Gasteiger partial charge is 0.119 e. The Morgan fingerprint density at radius 1 is 1.27 bits per heavy atom. The molecule has 4 heteroatoms. The lowest BCUT2D eigenvalue weighted by Crippen LogP contribution is -2.36. The molecule has 15 heavy (non-hydrogen) atoms. The second-order valence-electron chi connectivity index (χ2n) is 3.67. The molecule has 0 unspecified atom stereocenters. The van der Waals surface area contributed by atoms with E-state index in [4.69, 9.17) is 0 Å². The lowest BCUT2D eigenvalue weighted by Gasteiger charge is -2.26. The molecule has 1 aromatic rings. The summed E-state index contributed by atoms with van der Waals surface area (Å²) in [5, 5.41) is 3.06. The fraction of sp³-hybridized carbons (Fsp3) is 0.455. The first-order valence-electron chi connectivity index (χ1n) is 4.87. The molecule has 1 saturated heterocycles. The van der Waals surface area contributed by atoms with Crippen LogP contribution in [-0.2, 0) is 0 Å². The van der Waals surface area contributed by atoms with Gasteiger partial charge in [0.2, 0.25) is 0 Å². The Labute approximate surface area is 104 Å². The normalized spacial score (nSPS) is 25.7. The van der Waals surface area contributed by atoms with Crippen molar-refractivity contribution in [1.82, 2.24) is 5.32 Å². The van der Waals surface area contributed by atoms with Gasteiger partial charge in [0.15, 0.2) is 0 Å². The summed E-state index contributed by atoms with van der Waals surface area (Å²) in [5.41, 5.74) is 1.11. The Balaban J connectivity index is 0.00000112. The van der Waals surface area contributed by atoms with Crippen LogP contribution in [0.5, 0.6) is 0 Å². The summed E-state index contributed by atoms with van der Waals surface area (Å²) in [6.45, 7) is 1.40. The van der Waals surface area contributed by atoms with E-state index in [1.165, 1.54) is 0 Å². The van der Waals surface area contributed by atoms with Gasteiger partial charge in [-0.1, -0.05) is 28.1 Å². The molecule has 0 bridgehead atoms. The van der Waals surface area contributed by atoms with Gasteiger partial charge in [-0.05, 0) is 30.7 Å². The number of alkyl halides is 1. The van der Waals surface area contributed by atoms with Crippen molar-refractivity contribution in [2.75, 3.05) is 13.1 Å². The molecule has 1 aliphatic heterocycles. The van der Waals surface area contributed by atoms with Crippen LogP contribution in [0.3, 0.4) is 0 Å². The predicted octanol–water partition coefficient (Wildman–Crippen LogP) is 3.29. The summed E-state index contributed by atoms with van der Waals surface area (Å²) in [5.74, 6) is 0.0735. The summed E-state index contributed by atoms with van der Waals surface area (Å²) < 4.78 is 14.6. The average Bonchev–Trinajstić information content (AvgIpc) is 2.20. The van der Waals surface area contributed by atoms with Crippen LogP contribution in [0, 0.1) is 0 Å². The van der Waals surface area contributed by atoms with E-state index in [0.29, 0.717) is 6.54 Å². The summed E-state index contributed by atoms with van der Waals surface area (Å²) in [6.07, 6.45) is 0.146. The van der Waals surface area contributed by atoms with E-state index in [1.54, 1.807) is 0 Å². The molecule has 0 amide bonds. The Morgan fingerprint density at radius 3 is 2.53 bits per heavy atom. The molecule has 1 fully saturated rings. The number of halogens is 3. The van der Waals surface area contributed by atoms with E-state index in [0.717, 1.165) is 23.0 Å². The molecule has 0 spiro atoms. The van der Waals surface area contributed by atoms with Crippen molar-refractivity contribution in [1.29, 1.82) is 0 Å². The zero-order valence-corrected chi connectivity index (χ0v) is 10.7. The highest BCUT2D eigenvalue weighted by Crippen LogP contribution is 2.28. The quantitative estimate of drug-likeness (QED) is 0.838. The Bertz CT molecular complexity index is 304. The Hall–Kier alpha value is -0.120. The van der Waals surface area contributed by atoms with E-state index < -0.39 is 6.17 Å². The molecule has 84 valence electrons. The first-order chi connectivity index (χ1) is 6.77. The Kier molecular flexibility index (Phi) is 5.03. The Morgan fingerprint density at radius 2 is 1.93 bits per heavy atom. The average molecular weight is 295 g/mol. The van der Waals surface area contributed by atoms with Crippen LogP contribution in [0.4, 0.5) is 4.39 Å². The van der Waals surface area contributed by atoms with Crippen molar-refractivity contribution in [3.63, 3.8) is 0 Å². The fourth-order valence-corrected chi connectivity index (χ4v) is 2.17. The molecule has 0 aromatic heterocycles. The third-order valence-corrected chi connectivity index (χ3v) is 3.23. The van der Waals surface area contributed by atoms with E-state index in [2.05, 4.69) is 21.2 Å². The number of hydrogen-bond donors (Lipinski definition) is 1. The number of benzene rings is 1. The van der Waals surface area contributed by atoms with Crippen LogP contribution in [0.25, 0.3) is 0 Å². The van der Waals surface area contributed by atoms with Crippen molar-refractivity contribution in [3.05, 3.63) is 34.3 Å². The molecule has 2 atom stereocenters. The van der Waals surface area contributed by atoms with Gasteiger partial charge in [0.05, 0.1) is 0 Å². The maximum absolute atomic E-state index is 13.6. The topological polar surface area (TPSA) is 12.0 Å². The third-order valence-electron chi connectivity index (χ3n) is 2.71. The van der Waals surface area contributed by atoms with Crippen LogP contribution < -0.4 is 5.32 Å². The third kappa shape index (κ3) is 3.16. The highest BCUT2D eigenvalue weighted by molar-refractivity contribution is 9.10. The summed E-state index contributed by atoms with van der Waals surface area (Å²) in [7, 11) is 0. The zero-order chi connectivity index (χ0) is 9.97. The molecule has 2 rings (SSSR count). The predicted molar refractivity (Wildman–Crippen MR) is 66.5 cm³/mol. The number of nitrogens with one attached hydrogen (secondary N) is 1. The van der Waals surface area contributed by atoms with Gasteiger partial charge < -0.3 is 5.32 Å². The molecule has 1 aromatic carbocycles. The second kappa shape index (κ2) is 5.83. The van der Waals surface area contributed by atoms with Gasteiger partial charge >= 0.3 is 0 Å². The van der Waals surface area contributed by atoms with E-state index >= 15 is 0 Å². The number of rotatable bonds is 1. The maximum Gasteiger partial charge on any atom is 0.119 e. The second-order valence-corrected chi connectivity index (χ2v) is 4.58. The van der Waals surface area contributed by atoms with E-state index in [9.17, 15) is 4.39 Å². The summed E-state index contributed by atoms with van der Waals surface area (Å²) >= 11 is 3.38. The van der Waals surface area contributed by atoms with Gasteiger partial charge in [-0.2, -0.15) is 0 Å². The van der Waals surface area contributed by atoms with Gasteiger partial charge in [0.25, 0.3) is 0 Å². The van der Waals surface area contributed by atoms with Crippen LogP contribution in [0.2, 0.25) is 0 Å². The molecule has 1 nitrogen and oxygen atoms in total. The first kappa shape index (κ1) is 12.9. The zero-order valence-electron chi connectivity index (χ0n) is 8.25. The van der Waals surface area contributed by atoms with E-state index in [1.807, 2.05) is 24.3 Å². The molecule has 1 heterocycles. The molecule has 1 aliphatic rings. The molecule has 1 N–H and O–H groups in total. The minimum atomic E-state index is -0.745.